The van der Waals surface area contributed by atoms with Crippen molar-refractivity contribution in [2.45, 2.75) is 59.3 Å². The lowest BCUT2D eigenvalue weighted by atomic mass is 9.98. The van der Waals surface area contributed by atoms with Gasteiger partial charge in [0.05, 0.1) is 0 Å². The van der Waals surface area contributed by atoms with Gasteiger partial charge >= 0.3 is 0 Å². The first-order valence-corrected chi connectivity index (χ1v) is 5.21. The molecule has 0 aromatic rings. The van der Waals surface area contributed by atoms with E-state index in [1.165, 1.54) is 0 Å². The predicted octanol–water partition coefficient (Wildman–Crippen LogP) is 4.49. The highest BCUT2D eigenvalue weighted by Crippen LogP contribution is 2.29. The van der Waals surface area contributed by atoms with Crippen LogP contribution in [0.15, 0.2) is 0 Å². The molecule has 2 heteroatoms. The Labute approximate surface area is 80.7 Å². The Morgan fingerprint density at radius 2 is 1.54 bits per heavy atom. The molecule has 0 aromatic heterocycles. The average Bonchev–Trinajstić information content (AvgIpc) is 1.81. The van der Waals surface area contributed by atoms with E-state index in [0.717, 1.165) is 6.42 Å². The fourth-order valence-corrected chi connectivity index (χ4v) is 1.47. The third-order valence-corrected chi connectivity index (χ3v) is 2.03. The van der Waals surface area contributed by atoms with Gasteiger partial charge in [0.1, 0.15) is 0 Å². The SMILES string of the molecule is CC(C)CCCC(F)(F)CC(C)C. The second kappa shape index (κ2) is 5.56. The molecule has 0 saturated heterocycles. The van der Waals surface area contributed by atoms with Crippen molar-refractivity contribution < 1.29 is 8.78 Å². The standard InChI is InChI=1S/C11H22F2/c1-9(2)6-5-7-11(12,13)8-10(3)4/h9-10H,5-8H2,1-4H3. The largest absolute Gasteiger partial charge is 0.248 e. The summed E-state index contributed by atoms with van der Waals surface area (Å²) in [6, 6.07) is 0. The minimum absolute atomic E-state index is 0.0328. The van der Waals surface area contributed by atoms with Crippen molar-refractivity contribution in [3.05, 3.63) is 0 Å². The van der Waals surface area contributed by atoms with Gasteiger partial charge in [-0.3, -0.25) is 0 Å². The maximum absolute atomic E-state index is 13.1. The van der Waals surface area contributed by atoms with E-state index in [1.807, 2.05) is 13.8 Å². The summed E-state index contributed by atoms with van der Waals surface area (Å²) < 4.78 is 26.2. The lowest BCUT2D eigenvalue weighted by Gasteiger charge is -2.18. The molecule has 13 heavy (non-hydrogen) atoms. The van der Waals surface area contributed by atoms with Crippen LogP contribution in [0.25, 0.3) is 0 Å². The van der Waals surface area contributed by atoms with Crippen molar-refractivity contribution in [2.75, 3.05) is 0 Å². The van der Waals surface area contributed by atoms with Crippen LogP contribution >= 0.6 is 0 Å². The Morgan fingerprint density at radius 1 is 1.00 bits per heavy atom. The Kier molecular flexibility index (Phi) is 5.50. The highest BCUT2D eigenvalue weighted by atomic mass is 19.3. The minimum atomic E-state index is -2.44. The first-order valence-electron chi connectivity index (χ1n) is 5.21. The third kappa shape index (κ3) is 8.20. The van der Waals surface area contributed by atoms with Crippen LogP contribution in [0.5, 0.6) is 0 Å². The molecule has 0 heterocycles. The van der Waals surface area contributed by atoms with Gasteiger partial charge in [0, 0.05) is 12.8 Å². The van der Waals surface area contributed by atoms with Crippen LogP contribution in [0.2, 0.25) is 0 Å². The van der Waals surface area contributed by atoms with Gasteiger partial charge in [-0.25, -0.2) is 8.78 Å². The summed E-state index contributed by atoms with van der Waals surface area (Å²) in [4.78, 5) is 0. The fraction of sp³-hybridized carbons (Fsp3) is 1.00. The predicted molar refractivity (Wildman–Crippen MR) is 53.1 cm³/mol. The number of hydrogen-bond donors (Lipinski definition) is 0. The van der Waals surface area contributed by atoms with Crippen molar-refractivity contribution in [1.29, 1.82) is 0 Å². The van der Waals surface area contributed by atoms with Gasteiger partial charge < -0.3 is 0 Å². The summed E-state index contributed by atoms with van der Waals surface area (Å²) >= 11 is 0. The van der Waals surface area contributed by atoms with Crippen molar-refractivity contribution in [3.8, 4) is 0 Å². The van der Waals surface area contributed by atoms with Gasteiger partial charge in [0.15, 0.2) is 0 Å². The normalized spacial score (nSPS) is 12.9. The van der Waals surface area contributed by atoms with E-state index < -0.39 is 5.92 Å². The number of hydrogen-bond acceptors (Lipinski definition) is 0. The van der Waals surface area contributed by atoms with Gasteiger partial charge in [-0.2, -0.15) is 0 Å². The van der Waals surface area contributed by atoms with Crippen molar-refractivity contribution in [1.82, 2.24) is 0 Å². The Hall–Kier alpha value is -0.140. The number of alkyl halides is 2. The molecule has 0 unspecified atom stereocenters. The minimum Gasteiger partial charge on any atom is -0.207 e. The van der Waals surface area contributed by atoms with E-state index in [0.29, 0.717) is 12.3 Å². The molecule has 0 amide bonds. The zero-order valence-electron chi connectivity index (χ0n) is 9.24. The topological polar surface area (TPSA) is 0 Å². The molecule has 0 saturated carbocycles. The fourth-order valence-electron chi connectivity index (χ4n) is 1.47. The molecular formula is C11H22F2. The molecule has 0 nitrogen and oxygen atoms in total. The molecule has 0 aliphatic rings. The van der Waals surface area contributed by atoms with Gasteiger partial charge in [0.25, 0.3) is 0 Å². The summed E-state index contributed by atoms with van der Waals surface area (Å²) in [5, 5.41) is 0. The second-order valence-electron chi connectivity index (χ2n) is 4.74. The second-order valence-corrected chi connectivity index (χ2v) is 4.74. The van der Waals surface area contributed by atoms with Crippen LogP contribution in [0.1, 0.15) is 53.4 Å². The van der Waals surface area contributed by atoms with Crippen LogP contribution in [0, 0.1) is 11.8 Å². The number of halogens is 2. The van der Waals surface area contributed by atoms with Gasteiger partial charge in [-0.05, 0) is 18.3 Å². The highest BCUT2D eigenvalue weighted by Gasteiger charge is 2.28. The summed E-state index contributed by atoms with van der Waals surface area (Å²) in [5.74, 6) is -1.81. The molecule has 0 spiro atoms. The van der Waals surface area contributed by atoms with Crippen molar-refractivity contribution in [2.24, 2.45) is 11.8 Å². The van der Waals surface area contributed by atoms with Crippen molar-refractivity contribution in [3.63, 3.8) is 0 Å². The zero-order valence-corrected chi connectivity index (χ0v) is 9.24. The summed E-state index contributed by atoms with van der Waals surface area (Å²) in [5.41, 5.74) is 0. The van der Waals surface area contributed by atoms with E-state index in [9.17, 15) is 8.78 Å². The summed E-state index contributed by atoms with van der Waals surface area (Å²) in [6.45, 7) is 7.83. The monoisotopic (exact) mass is 192 g/mol. The Balaban J connectivity index is 3.62. The molecule has 0 radical (unpaired) electrons. The Bertz CT molecular complexity index is 128. The van der Waals surface area contributed by atoms with E-state index in [4.69, 9.17) is 0 Å². The average molecular weight is 192 g/mol. The lowest BCUT2D eigenvalue weighted by Crippen LogP contribution is -2.18. The van der Waals surface area contributed by atoms with Crippen LogP contribution in [-0.4, -0.2) is 5.92 Å². The maximum Gasteiger partial charge on any atom is 0.248 e. The van der Waals surface area contributed by atoms with E-state index in [-0.39, 0.29) is 18.8 Å². The summed E-state index contributed by atoms with van der Waals surface area (Å²) in [7, 11) is 0. The molecule has 80 valence electrons. The molecule has 0 rings (SSSR count). The molecule has 0 aliphatic heterocycles. The van der Waals surface area contributed by atoms with Gasteiger partial charge in [-0.15, -0.1) is 0 Å². The van der Waals surface area contributed by atoms with Crippen LogP contribution in [0.4, 0.5) is 8.78 Å². The molecular weight excluding hydrogens is 170 g/mol. The maximum atomic E-state index is 13.1. The van der Waals surface area contributed by atoms with Gasteiger partial charge in [-0.1, -0.05) is 34.1 Å². The molecule has 0 aliphatic carbocycles. The van der Waals surface area contributed by atoms with Crippen LogP contribution in [-0.2, 0) is 0 Å². The van der Waals surface area contributed by atoms with Crippen LogP contribution in [0.3, 0.4) is 0 Å². The molecule has 0 aromatic carbocycles. The molecule has 0 N–H and O–H groups in total. The molecule has 0 atom stereocenters. The first-order chi connectivity index (χ1) is 5.83. The molecule has 0 bridgehead atoms. The van der Waals surface area contributed by atoms with Crippen molar-refractivity contribution >= 4 is 0 Å². The van der Waals surface area contributed by atoms with E-state index in [1.54, 1.807) is 0 Å². The highest BCUT2D eigenvalue weighted by molar-refractivity contribution is 4.68. The third-order valence-electron chi connectivity index (χ3n) is 2.03. The zero-order chi connectivity index (χ0) is 10.5. The Morgan fingerprint density at radius 3 is 1.92 bits per heavy atom. The smallest absolute Gasteiger partial charge is 0.207 e. The summed E-state index contributed by atoms with van der Waals surface area (Å²) in [6.07, 6.45) is 1.65. The van der Waals surface area contributed by atoms with E-state index in [2.05, 4.69) is 13.8 Å². The first kappa shape index (κ1) is 12.9. The quantitative estimate of drug-likeness (QED) is 0.581. The van der Waals surface area contributed by atoms with Gasteiger partial charge in [0.2, 0.25) is 5.92 Å². The molecule has 0 fully saturated rings. The van der Waals surface area contributed by atoms with E-state index >= 15 is 0 Å². The lowest BCUT2D eigenvalue weighted by molar-refractivity contribution is -0.0296. The van der Waals surface area contributed by atoms with Crippen LogP contribution < -0.4 is 0 Å². The number of rotatable bonds is 6.